The molecule has 0 unspecified atom stereocenters. The second kappa shape index (κ2) is 13.6. The fraction of sp³-hybridized carbons (Fsp3) is 0.0345. The summed E-state index contributed by atoms with van der Waals surface area (Å²) in [5.74, 6) is 0.327. The number of nitrogens with one attached hydrogen (secondary N) is 1. The number of hydrogen-bond donors (Lipinski definition) is 1. The van der Waals surface area contributed by atoms with Gasteiger partial charge in [-0.15, -0.1) is 0 Å². The Kier molecular flexibility index (Phi) is 9.68. The van der Waals surface area contributed by atoms with Crippen molar-refractivity contribution in [3.05, 3.63) is 136 Å². The van der Waals surface area contributed by atoms with Gasteiger partial charge < -0.3 is 4.74 Å². The molecular weight excluding hydrogens is 508 g/mol. The highest BCUT2D eigenvalue weighted by molar-refractivity contribution is 8.22. The van der Waals surface area contributed by atoms with Gasteiger partial charge in [-0.25, -0.2) is 5.43 Å². The Balaban J connectivity index is 1.42. The van der Waals surface area contributed by atoms with E-state index in [1.54, 1.807) is 12.3 Å². The van der Waals surface area contributed by atoms with Crippen LogP contribution in [0.2, 0.25) is 5.02 Å². The molecule has 0 saturated carbocycles. The minimum Gasteiger partial charge on any atom is -0.488 e. The molecule has 0 fully saturated rings. The van der Waals surface area contributed by atoms with Gasteiger partial charge in [-0.2, -0.15) is 5.10 Å². The summed E-state index contributed by atoms with van der Waals surface area (Å²) in [5, 5.41) is 4.80. The number of rotatable bonds is 10. The SMILES string of the molecule is O=C(C=C(Sc1ccccc1)Sc1ccccc1)N/N=C/c1ccccc1OCc1ccccc1Cl. The van der Waals surface area contributed by atoms with E-state index in [4.69, 9.17) is 16.3 Å². The van der Waals surface area contributed by atoms with Crippen molar-refractivity contribution in [1.82, 2.24) is 5.43 Å². The van der Waals surface area contributed by atoms with Crippen LogP contribution in [0.3, 0.4) is 0 Å². The quantitative estimate of drug-likeness (QED) is 0.0983. The molecule has 0 saturated heterocycles. The third-order valence-electron chi connectivity index (χ3n) is 4.81. The number of benzene rings is 4. The largest absolute Gasteiger partial charge is 0.488 e. The second-order valence-corrected chi connectivity index (χ2v) is 10.3. The molecule has 4 rings (SSSR count). The van der Waals surface area contributed by atoms with E-state index in [0.29, 0.717) is 17.4 Å². The number of carbonyl (C=O) groups excluding carboxylic acids is 1. The number of halogens is 1. The number of carbonyl (C=O) groups is 1. The standard InChI is InChI=1S/C29H23ClN2O2S2/c30-26-17-9-7-12-23(26)21-34-27-18-10-8-11-22(27)20-31-32-28(33)19-29(35-24-13-3-1-4-14-24)36-25-15-5-2-6-16-25/h1-20H,21H2,(H,32,33)/b31-20+. The van der Waals surface area contributed by atoms with Crippen molar-refractivity contribution in [2.24, 2.45) is 5.10 Å². The van der Waals surface area contributed by atoms with Crippen molar-refractivity contribution in [3.63, 3.8) is 0 Å². The number of hydrogen-bond acceptors (Lipinski definition) is 5. The molecule has 1 amide bonds. The number of ether oxygens (including phenoxy) is 1. The lowest BCUT2D eigenvalue weighted by atomic mass is 10.2. The number of para-hydroxylation sites is 1. The van der Waals surface area contributed by atoms with Gasteiger partial charge in [0.15, 0.2) is 0 Å². The van der Waals surface area contributed by atoms with Gasteiger partial charge >= 0.3 is 0 Å². The van der Waals surface area contributed by atoms with E-state index in [1.807, 2.05) is 109 Å². The van der Waals surface area contributed by atoms with Gasteiger partial charge in [-0.05, 0) is 42.5 Å². The van der Waals surface area contributed by atoms with Gasteiger partial charge in [0.2, 0.25) is 0 Å². The van der Waals surface area contributed by atoms with Crippen molar-refractivity contribution in [3.8, 4) is 5.75 Å². The first kappa shape index (κ1) is 25.6. The lowest BCUT2D eigenvalue weighted by Gasteiger charge is -2.10. The van der Waals surface area contributed by atoms with Crippen LogP contribution >= 0.6 is 35.1 Å². The monoisotopic (exact) mass is 530 g/mol. The zero-order valence-corrected chi connectivity index (χ0v) is 21.6. The molecule has 0 aliphatic rings. The summed E-state index contributed by atoms with van der Waals surface area (Å²) in [6, 6.07) is 34.9. The smallest absolute Gasteiger partial charge is 0.265 e. The van der Waals surface area contributed by atoms with Crippen LogP contribution in [0, 0.1) is 0 Å². The number of hydrazone groups is 1. The average molecular weight is 531 g/mol. The van der Waals surface area contributed by atoms with Gasteiger partial charge in [0, 0.05) is 32.0 Å². The number of thioether (sulfide) groups is 2. The van der Waals surface area contributed by atoms with Crippen LogP contribution in [0.25, 0.3) is 0 Å². The second-order valence-electron chi connectivity index (χ2n) is 7.45. The van der Waals surface area contributed by atoms with E-state index in [9.17, 15) is 4.79 Å². The van der Waals surface area contributed by atoms with Crippen molar-refractivity contribution >= 4 is 47.2 Å². The van der Waals surface area contributed by atoms with Crippen LogP contribution < -0.4 is 10.2 Å². The zero-order valence-electron chi connectivity index (χ0n) is 19.2. The first-order chi connectivity index (χ1) is 17.7. The van der Waals surface area contributed by atoms with Crippen LogP contribution in [-0.2, 0) is 11.4 Å². The van der Waals surface area contributed by atoms with E-state index in [-0.39, 0.29) is 5.91 Å². The highest BCUT2D eigenvalue weighted by Gasteiger charge is 2.08. The molecule has 7 heteroatoms. The Hall–Kier alpha value is -3.45. The maximum atomic E-state index is 12.7. The predicted molar refractivity (Wildman–Crippen MR) is 151 cm³/mol. The van der Waals surface area contributed by atoms with Gasteiger partial charge in [-0.3, -0.25) is 4.79 Å². The Morgan fingerprint density at radius 3 is 2.06 bits per heavy atom. The van der Waals surface area contributed by atoms with E-state index in [0.717, 1.165) is 25.2 Å². The maximum Gasteiger partial charge on any atom is 0.265 e. The molecule has 0 atom stereocenters. The minimum atomic E-state index is -0.317. The van der Waals surface area contributed by atoms with Crippen LogP contribution in [-0.4, -0.2) is 12.1 Å². The Labute approximate surface area is 224 Å². The van der Waals surface area contributed by atoms with Gasteiger partial charge in [0.05, 0.1) is 10.5 Å². The summed E-state index contributed by atoms with van der Waals surface area (Å²) in [5.41, 5.74) is 4.23. The van der Waals surface area contributed by atoms with Crippen molar-refractivity contribution < 1.29 is 9.53 Å². The van der Waals surface area contributed by atoms with E-state index in [2.05, 4.69) is 10.5 Å². The van der Waals surface area contributed by atoms with E-state index < -0.39 is 0 Å². The lowest BCUT2D eigenvalue weighted by molar-refractivity contribution is -0.116. The minimum absolute atomic E-state index is 0.317. The molecule has 0 radical (unpaired) electrons. The van der Waals surface area contributed by atoms with Crippen molar-refractivity contribution in [2.75, 3.05) is 0 Å². The zero-order chi connectivity index (χ0) is 25.0. The topological polar surface area (TPSA) is 50.7 Å². The van der Waals surface area contributed by atoms with Crippen LogP contribution in [0.5, 0.6) is 5.75 Å². The normalized spacial score (nSPS) is 10.7. The summed E-state index contributed by atoms with van der Waals surface area (Å²) in [6.45, 7) is 0.330. The highest BCUT2D eigenvalue weighted by atomic mass is 35.5. The van der Waals surface area contributed by atoms with Gasteiger partial charge in [0.1, 0.15) is 12.4 Å². The van der Waals surface area contributed by atoms with Crippen molar-refractivity contribution in [2.45, 2.75) is 16.4 Å². The molecule has 4 nitrogen and oxygen atoms in total. The van der Waals surface area contributed by atoms with E-state index >= 15 is 0 Å². The third-order valence-corrected chi connectivity index (χ3v) is 7.33. The molecule has 0 aliphatic carbocycles. The fourth-order valence-corrected chi connectivity index (χ4v) is 5.40. The summed E-state index contributed by atoms with van der Waals surface area (Å²) in [6.07, 6.45) is 3.13. The van der Waals surface area contributed by atoms with Crippen LogP contribution in [0.15, 0.2) is 134 Å². The predicted octanol–water partition coefficient (Wildman–Crippen LogP) is 7.80. The van der Waals surface area contributed by atoms with Crippen LogP contribution in [0.1, 0.15) is 11.1 Å². The summed E-state index contributed by atoms with van der Waals surface area (Å²) < 4.78 is 6.79. The summed E-state index contributed by atoms with van der Waals surface area (Å²) in [7, 11) is 0. The molecule has 0 aromatic heterocycles. The molecule has 0 heterocycles. The Bertz CT molecular complexity index is 1300. The molecule has 180 valence electrons. The lowest BCUT2D eigenvalue weighted by Crippen LogP contribution is -2.14. The van der Waals surface area contributed by atoms with Gasteiger partial charge in [0.25, 0.3) is 5.91 Å². The first-order valence-corrected chi connectivity index (χ1v) is 13.1. The molecule has 0 aliphatic heterocycles. The molecule has 1 N–H and O–H groups in total. The Morgan fingerprint density at radius 2 is 1.39 bits per heavy atom. The van der Waals surface area contributed by atoms with Crippen LogP contribution in [0.4, 0.5) is 0 Å². The molecule has 0 spiro atoms. The van der Waals surface area contributed by atoms with Crippen molar-refractivity contribution in [1.29, 1.82) is 0 Å². The average Bonchev–Trinajstić information content (AvgIpc) is 2.90. The number of nitrogens with zero attached hydrogens (tertiary/aromatic N) is 1. The molecular formula is C29H23ClN2O2S2. The fourth-order valence-electron chi connectivity index (χ4n) is 3.08. The summed E-state index contributed by atoms with van der Waals surface area (Å²) in [4.78, 5) is 14.8. The first-order valence-electron chi connectivity index (χ1n) is 11.1. The van der Waals surface area contributed by atoms with E-state index in [1.165, 1.54) is 23.5 Å². The third kappa shape index (κ3) is 8.05. The molecule has 4 aromatic rings. The Morgan fingerprint density at radius 1 is 0.806 bits per heavy atom. The molecule has 0 bridgehead atoms. The number of amides is 1. The maximum absolute atomic E-state index is 12.7. The van der Waals surface area contributed by atoms with Gasteiger partial charge in [-0.1, -0.05) is 102 Å². The highest BCUT2D eigenvalue weighted by Crippen LogP contribution is 2.38. The molecule has 36 heavy (non-hydrogen) atoms. The summed E-state index contributed by atoms with van der Waals surface area (Å²) >= 11 is 9.29. The molecule has 4 aromatic carbocycles.